The Morgan fingerprint density at radius 3 is 2.73 bits per heavy atom. The van der Waals surface area contributed by atoms with Gasteiger partial charge < -0.3 is 10.1 Å². The second-order valence-electron chi connectivity index (χ2n) is 5.93. The molecule has 1 aliphatic carbocycles. The van der Waals surface area contributed by atoms with E-state index in [0.29, 0.717) is 11.5 Å². The molecule has 1 aromatic rings. The minimum Gasteiger partial charge on any atom is -0.449 e. The van der Waals surface area contributed by atoms with Crippen LogP contribution >= 0.6 is 15.9 Å². The van der Waals surface area contributed by atoms with Gasteiger partial charge in [0.25, 0.3) is 5.91 Å². The fourth-order valence-electron chi connectivity index (χ4n) is 2.73. The quantitative estimate of drug-likeness (QED) is 0.825. The Labute approximate surface area is 139 Å². The number of rotatable bonds is 4. The molecule has 0 unspecified atom stereocenters. The number of carbonyl (C=O) groups excluding carboxylic acids is 2. The topological polar surface area (TPSA) is 55.4 Å². The van der Waals surface area contributed by atoms with Gasteiger partial charge in [-0.05, 0) is 43.9 Å². The summed E-state index contributed by atoms with van der Waals surface area (Å²) in [6.07, 6.45) is 3.71. The molecule has 1 N–H and O–H groups in total. The smallest absolute Gasteiger partial charge is 0.338 e. The fraction of sp³-hybridized carbons (Fsp3) is 0.529. The number of amides is 1. The number of ether oxygens (including phenoxy) is 1. The van der Waals surface area contributed by atoms with Crippen molar-refractivity contribution >= 4 is 27.8 Å². The van der Waals surface area contributed by atoms with Crippen LogP contribution in [0.5, 0.6) is 0 Å². The van der Waals surface area contributed by atoms with E-state index in [9.17, 15) is 9.59 Å². The summed E-state index contributed by atoms with van der Waals surface area (Å²) in [5.41, 5.74) is 0.431. The number of nitrogens with one attached hydrogen (secondary N) is 1. The Balaban J connectivity index is 1.89. The second kappa shape index (κ2) is 7.77. The van der Waals surface area contributed by atoms with Crippen molar-refractivity contribution in [2.45, 2.75) is 51.7 Å². The minimum atomic E-state index is -0.791. The van der Waals surface area contributed by atoms with Crippen molar-refractivity contribution in [1.29, 1.82) is 0 Å². The van der Waals surface area contributed by atoms with E-state index in [4.69, 9.17) is 4.74 Å². The van der Waals surface area contributed by atoms with Crippen LogP contribution in [0.2, 0.25) is 0 Å². The molecule has 5 heteroatoms. The number of carbonyl (C=O) groups is 2. The van der Waals surface area contributed by atoms with Gasteiger partial charge >= 0.3 is 5.97 Å². The Morgan fingerprint density at radius 2 is 2.05 bits per heavy atom. The van der Waals surface area contributed by atoms with Gasteiger partial charge in [-0.3, -0.25) is 4.79 Å². The van der Waals surface area contributed by atoms with E-state index >= 15 is 0 Å². The van der Waals surface area contributed by atoms with Crippen molar-refractivity contribution in [1.82, 2.24) is 5.32 Å². The normalized spacial score (nSPS) is 22.7. The lowest BCUT2D eigenvalue weighted by atomic mass is 9.86. The highest BCUT2D eigenvalue weighted by atomic mass is 79.9. The third-order valence-corrected chi connectivity index (χ3v) is 4.65. The van der Waals surface area contributed by atoms with Gasteiger partial charge in [-0.25, -0.2) is 4.79 Å². The molecule has 22 heavy (non-hydrogen) atoms. The number of hydrogen-bond donors (Lipinski definition) is 1. The van der Waals surface area contributed by atoms with Crippen molar-refractivity contribution in [2.24, 2.45) is 5.92 Å². The molecule has 0 heterocycles. The number of hydrogen-bond acceptors (Lipinski definition) is 3. The zero-order chi connectivity index (χ0) is 16.1. The van der Waals surface area contributed by atoms with Crippen LogP contribution in [-0.2, 0) is 9.53 Å². The predicted molar refractivity (Wildman–Crippen MR) is 88.6 cm³/mol. The highest BCUT2D eigenvalue weighted by Crippen LogP contribution is 2.23. The van der Waals surface area contributed by atoms with Crippen LogP contribution in [-0.4, -0.2) is 24.0 Å². The summed E-state index contributed by atoms with van der Waals surface area (Å²) in [4.78, 5) is 24.2. The lowest BCUT2D eigenvalue weighted by Crippen LogP contribution is -2.45. The molecule has 0 saturated heterocycles. The Hall–Kier alpha value is -1.36. The summed E-state index contributed by atoms with van der Waals surface area (Å²) in [5, 5.41) is 3.01. The van der Waals surface area contributed by atoms with Crippen LogP contribution in [0.15, 0.2) is 28.7 Å². The molecule has 1 fully saturated rings. The highest BCUT2D eigenvalue weighted by Gasteiger charge is 2.26. The van der Waals surface area contributed by atoms with Gasteiger partial charge in [0.15, 0.2) is 6.10 Å². The number of halogens is 1. The number of esters is 1. The molecule has 120 valence electrons. The summed E-state index contributed by atoms with van der Waals surface area (Å²) < 4.78 is 6.06. The van der Waals surface area contributed by atoms with Gasteiger partial charge in [0.05, 0.1) is 5.56 Å². The van der Waals surface area contributed by atoms with Crippen molar-refractivity contribution in [3.8, 4) is 0 Å². The first-order valence-electron chi connectivity index (χ1n) is 7.74. The molecule has 2 rings (SSSR count). The van der Waals surface area contributed by atoms with E-state index in [2.05, 4.69) is 28.2 Å². The van der Waals surface area contributed by atoms with Gasteiger partial charge in [0, 0.05) is 10.5 Å². The van der Waals surface area contributed by atoms with Crippen molar-refractivity contribution < 1.29 is 14.3 Å². The summed E-state index contributed by atoms with van der Waals surface area (Å²) in [7, 11) is 0. The Morgan fingerprint density at radius 1 is 1.32 bits per heavy atom. The van der Waals surface area contributed by atoms with Gasteiger partial charge in [-0.15, -0.1) is 0 Å². The van der Waals surface area contributed by atoms with E-state index in [1.807, 2.05) is 6.07 Å². The maximum absolute atomic E-state index is 12.2. The van der Waals surface area contributed by atoms with Crippen LogP contribution in [0, 0.1) is 5.92 Å². The van der Waals surface area contributed by atoms with Crippen LogP contribution < -0.4 is 5.32 Å². The average molecular weight is 368 g/mol. The number of benzene rings is 1. The third-order valence-electron chi connectivity index (χ3n) is 4.15. The molecule has 1 saturated carbocycles. The average Bonchev–Trinajstić information content (AvgIpc) is 2.49. The van der Waals surface area contributed by atoms with Crippen LogP contribution in [0.25, 0.3) is 0 Å². The van der Waals surface area contributed by atoms with Crippen molar-refractivity contribution in [3.63, 3.8) is 0 Å². The van der Waals surface area contributed by atoms with Gasteiger partial charge in [-0.2, -0.15) is 0 Å². The summed E-state index contributed by atoms with van der Waals surface area (Å²) in [6, 6.07) is 7.12. The molecular formula is C17H22BrNO3. The Kier molecular flexibility index (Phi) is 6.00. The largest absolute Gasteiger partial charge is 0.449 e. The van der Waals surface area contributed by atoms with Crippen LogP contribution in [0.3, 0.4) is 0 Å². The monoisotopic (exact) mass is 367 g/mol. The van der Waals surface area contributed by atoms with Crippen molar-refractivity contribution in [2.75, 3.05) is 0 Å². The molecule has 0 spiro atoms. The molecule has 3 atom stereocenters. The Bertz CT molecular complexity index is 546. The first-order valence-corrected chi connectivity index (χ1v) is 8.53. The summed E-state index contributed by atoms with van der Waals surface area (Å²) in [6.45, 7) is 3.76. The predicted octanol–water partition coefficient (Wildman–Crippen LogP) is 3.69. The zero-order valence-electron chi connectivity index (χ0n) is 13.0. The van der Waals surface area contributed by atoms with Gasteiger partial charge in [0.1, 0.15) is 0 Å². The minimum absolute atomic E-state index is 0.188. The first-order chi connectivity index (χ1) is 10.5. The molecule has 1 aromatic carbocycles. The molecule has 0 aromatic heterocycles. The molecule has 0 aliphatic heterocycles. The third kappa shape index (κ3) is 4.57. The molecule has 0 radical (unpaired) electrons. The van der Waals surface area contributed by atoms with Crippen LogP contribution in [0.4, 0.5) is 0 Å². The van der Waals surface area contributed by atoms with Gasteiger partial charge in [-0.1, -0.05) is 41.8 Å². The lowest BCUT2D eigenvalue weighted by Gasteiger charge is -2.30. The summed E-state index contributed by atoms with van der Waals surface area (Å²) in [5.74, 6) is -0.228. The van der Waals surface area contributed by atoms with E-state index in [0.717, 1.165) is 23.7 Å². The maximum atomic E-state index is 12.2. The fourth-order valence-corrected chi connectivity index (χ4v) is 3.13. The van der Waals surface area contributed by atoms with E-state index in [1.165, 1.54) is 6.42 Å². The molecular weight excluding hydrogens is 346 g/mol. The lowest BCUT2D eigenvalue weighted by molar-refractivity contribution is -0.130. The zero-order valence-corrected chi connectivity index (χ0v) is 14.6. The van der Waals surface area contributed by atoms with Gasteiger partial charge in [0.2, 0.25) is 0 Å². The molecule has 0 bridgehead atoms. The van der Waals surface area contributed by atoms with Crippen LogP contribution in [0.1, 0.15) is 49.9 Å². The first kappa shape index (κ1) is 17.0. The SMILES string of the molecule is C[C@@H]1CCCC[C@H]1NC(=O)[C@@H](C)OC(=O)c1cccc(Br)c1. The molecule has 1 amide bonds. The molecule has 4 nitrogen and oxygen atoms in total. The molecule has 1 aliphatic rings. The van der Waals surface area contributed by atoms with Crippen molar-refractivity contribution in [3.05, 3.63) is 34.3 Å². The standard InChI is InChI=1S/C17H22BrNO3/c1-11-6-3-4-9-15(11)19-16(20)12(2)22-17(21)13-7-5-8-14(18)10-13/h5,7-8,10-12,15H,3-4,6,9H2,1-2H3,(H,19,20)/t11-,12-,15-/m1/s1. The highest BCUT2D eigenvalue weighted by molar-refractivity contribution is 9.10. The van der Waals surface area contributed by atoms with E-state index in [1.54, 1.807) is 25.1 Å². The van der Waals surface area contributed by atoms with E-state index in [-0.39, 0.29) is 11.9 Å². The van der Waals surface area contributed by atoms with E-state index < -0.39 is 12.1 Å². The second-order valence-corrected chi connectivity index (χ2v) is 6.85. The summed E-state index contributed by atoms with van der Waals surface area (Å²) >= 11 is 3.31. The maximum Gasteiger partial charge on any atom is 0.338 e.